The van der Waals surface area contributed by atoms with Crippen LogP contribution < -0.4 is 0 Å². The molecule has 0 unspecified atom stereocenters. The van der Waals surface area contributed by atoms with Gasteiger partial charge >= 0.3 is 0 Å². The summed E-state index contributed by atoms with van der Waals surface area (Å²) in [6, 6.07) is 9.26. The summed E-state index contributed by atoms with van der Waals surface area (Å²) in [6.07, 6.45) is 3.24. The Morgan fingerprint density at radius 3 is 2.53 bits per heavy atom. The van der Waals surface area contributed by atoms with Gasteiger partial charge in [-0.1, -0.05) is 12.1 Å². The molecule has 3 aromatic rings. The van der Waals surface area contributed by atoms with Crippen molar-refractivity contribution in [3.8, 4) is 0 Å². The van der Waals surface area contributed by atoms with Crippen molar-refractivity contribution in [2.45, 2.75) is 36.5 Å². The average molecular weight is 446 g/mol. The Kier molecular flexibility index (Phi) is 5.12. The Morgan fingerprint density at radius 2 is 1.80 bits per heavy atom. The molecule has 2 aliphatic heterocycles. The summed E-state index contributed by atoms with van der Waals surface area (Å²) in [5.74, 6) is 0.688. The third-order valence-electron chi connectivity index (χ3n) is 5.95. The number of aromatic nitrogens is 1. The Balaban J connectivity index is 1.30. The first-order valence-corrected chi connectivity index (χ1v) is 12.6. The highest BCUT2D eigenvalue weighted by Gasteiger charge is 2.34. The van der Waals surface area contributed by atoms with Gasteiger partial charge in [-0.05, 0) is 49.3 Å². The maximum Gasteiger partial charge on any atom is 0.265 e. The minimum absolute atomic E-state index is 0.153. The van der Waals surface area contributed by atoms with Crippen molar-refractivity contribution in [3.63, 3.8) is 0 Å². The SMILES string of the molecule is O=C(c1sccc1S(=O)(=O)N1CCCC1)N1CCC(c2nc3ccccc3o2)CC1. The van der Waals surface area contributed by atoms with Crippen molar-refractivity contribution in [1.29, 1.82) is 0 Å². The van der Waals surface area contributed by atoms with Gasteiger partial charge in [0.25, 0.3) is 5.91 Å². The smallest absolute Gasteiger partial charge is 0.265 e. The Hall–Kier alpha value is -2.23. The number of fused-ring (bicyclic) bond motifs is 1. The van der Waals surface area contributed by atoms with E-state index < -0.39 is 10.0 Å². The van der Waals surface area contributed by atoms with Gasteiger partial charge in [0.15, 0.2) is 11.5 Å². The topological polar surface area (TPSA) is 83.7 Å². The molecule has 2 aromatic heterocycles. The van der Waals surface area contributed by atoms with Crippen LogP contribution in [0.4, 0.5) is 0 Å². The third-order valence-corrected chi connectivity index (χ3v) is 8.92. The number of carbonyl (C=O) groups is 1. The van der Waals surface area contributed by atoms with Crippen molar-refractivity contribution in [1.82, 2.24) is 14.2 Å². The van der Waals surface area contributed by atoms with Gasteiger partial charge in [-0.3, -0.25) is 4.79 Å². The van der Waals surface area contributed by atoms with Crippen molar-refractivity contribution in [3.05, 3.63) is 46.5 Å². The number of piperidine rings is 1. The normalized spacial score (nSPS) is 19.0. The first-order chi connectivity index (χ1) is 14.5. The lowest BCUT2D eigenvalue weighted by Gasteiger charge is -2.30. The van der Waals surface area contributed by atoms with Crippen molar-refractivity contribution < 1.29 is 17.6 Å². The van der Waals surface area contributed by atoms with Crippen LogP contribution in [0.25, 0.3) is 11.1 Å². The molecule has 9 heteroatoms. The molecule has 1 amide bonds. The molecule has 0 aliphatic carbocycles. The Labute approximate surface area is 179 Å². The number of amides is 1. The predicted octanol–water partition coefficient (Wildman–Crippen LogP) is 3.69. The van der Waals surface area contributed by atoms with Crippen LogP contribution in [0.15, 0.2) is 45.0 Å². The van der Waals surface area contributed by atoms with E-state index in [1.54, 1.807) is 16.3 Å². The van der Waals surface area contributed by atoms with Gasteiger partial charge in [-0.25, -0.2) is 13.4 Å². The van der Waals surface area contributed by atoms with Gasteiger partial charge in [-0.15, -0.1) is 11.3 Å². The second-order valence-corrected chi connectivity index (χ2v) is 10.6. The van der Waals surface area contributed by atoms with Gasteiger partial charge in [-0.2, -0.15) is 4.31 Å². The van der Waals surface area contributed by atoms with Crippen molar-refractivity contribution in [2.75, 3.05) is 26.2 Å². The molecule has 2 aliphatic rings. The molecule has 0 N–H and O–H groups in total. The van der Waals surface area contributed by atoms with Crippen molar-refractivity contribution >= 4 is 38.4 Å². The van der Waals surface area contributed by atoms with Crippen LogP contribution in [0, 0.1) is 0 Å². The van der Waals surface area contributed by atoms with Gasteiger partial charge in [0.1, 0.15) is 15.3 Å². The molecule has 0 atom stereocenters. The lowest BCUT2D eigenvalue weighted by molar-refractivity contribution is 0.0708. The summed E-state index contributed by atoms with van der Waals surface area (Å²) >= 11 is 1.21. The zero-order chi connectivity index (χ0) is 20.7. The molecule has 4 heterocycles. The maximum absolute atomic E-state index is 13.1. The zero-order valence-corrected chi connectivity index (χ0v) is 18.1. The Bertz CT molecular complexity index is 1140. The van der Waals surface area contributed by atoms with E-state index in [9.17, 15) is 13.2 Å². The standard InChI is InChI=1S/C21H23N3O4S2/c25-21(19-18(9-14-29-19)30(26,27)24-10-3-4-11-24)23-12-7-15(8-13-23)20-22-16-5-1-2-6-17(16)28-20/h1-2,5-6,9,14-15H,3-4,7-8,10-13H2. The van der Waals surface area contributed by atoms with Crippen LogP contribution in [0.5, 0.6) is 0 Å². The molecule has 0 radical (unpaired) electrons. The van der Waals surface area contributed by atoms with E-state index in [1.807, 2.05) is 24.3 Å². The molecule has 2 saturated heterocycles. The van der Waals surface area contributed by atoms with E-state index in [4.69, 9.17) is 4.42 Å². The molecule has 30 heavy (non-hydrogen) atoms. The number of rotatable bonds is 4. The summed E-state index contributed by atoms with van der Waals surface area (Å²) in [6.45, 7) is 2.18. The summed E-state index contributed by atoms with van der Waals surface area (Å²) in [5.41, 5.74) is 1.63. The molecule has 0 saturated carbocycles. The summed E-state index contributed by atoms with van der Waals surface area (Å²) in [7, 11) is -3.61. The van der Waals surface area contributed by atoms with Crippen LogP contribution >= 0.6 is 11.3 Å². The van der Waals surface area contributed by atoms with E-state index in [1.165, 1.54) is 15.6 Å². The fraction of sp³-hybridized carbons (Fsp3) is 0.429. The van der Waals surface area contributed by atoms with E-state index >= 15 is 0 Å². The molecular formula is C21H23N3O4S2. The lowest BCUT2D eigenvalue weighted by Crippen LogP contribution is -2.38. The number of thiophene rings is 1. The number of carbonyl (C=O) groups excluding carboxylic acids is 1. The second kappa shape index (κ2) is 7.79. The number of para-hydroxylation sites is 2. The molecule has 0 spiro atoms. The highest BCUT2D eigenvalue weighted by molar-refractivity contribution is 7.89. The van der Waals surface area contributed by atoms with E-state index in [0.29, 0.717) is 31.1 Å². The lowest BCUT2D eigenvalue weighted by atomic mass is 9.96. The van der Waals surface area contributed by atoms with Gasteiger partial charge in [0, 0.05) is 32.1 Å². The minimum Gasteiger partial charge on any atom is -0.440 e. The first kappa shape index (κ1) is 19.7. The average Bonchev–Trinajstić information content (AvgIpc) is 3.53. The van der Waals surface area contributed by atoms with E-state index in [0.717, 1.165) is 42.7 Å². The van der Waals surface area contributed by atoms with Gasteiger partial charge in [0.2, 0.25) is 10.0 Å². The summed E-state index contributed by atoms with van der Waals surface area (Å²) < 4.78 is 33.3. The van der Waals surface area contributed by atoms with Gasteiger partial charge < -0.3 is 9.32 Å². The number of nitrogens with zero attached hydrogens (tertiary/aromatic N) is 3. The molecule has 1 aromatic carbocycles. The Morgan fingerprint density at radius 1 is 1.07 bits per heavy atom. The number of oxazole rings is 1. The van der Waals surface area contributed by atoms with Crippen LogP contribution in [-0.2, 0) is 10.0 Å². The fourth-order valence-electron chi connectivity index (χ4n) is 4.26. The summed E-state index contributed by atoms with van der Waals surface area (Å²) in [4.78, 5) is 20.0. The highest BCUT2D eigenvalue weighted by atomic mass is 32.2. The van der Waals surface area contributed by atoms with E-state index in [-0.39, 0.29) is 16.7 Å². The van der Waals surface area contributed by atoms with Crippen LogP contribution in [0.2, 0.25) is 0 Å². The molecule has 0 bridgehead atoms. The zero-order valence-electron chi connectivity index (χ0n) is 16.5. The largest absolute Gasteiger partial charge is 0.440 e. The third kappa shape index (κ3) is 3.44. The van der Waals surface area contributed by atoms with Crippen molar-refractivity contribution in [2.24, 2.45) is 0 Å². The maximum atomic E-state index is 13.1. The first-order valence-electron chi connectivity index (χ1n) is 10.3. The molecular weight excluding hydrogens is 422 g/mol. The molecule has 158 valence electrons. The second-order valence-electron chi connectivity index (χ2n) is 7.81. The highest BCUT2D eigenvalue weighted by Crippen LogP contribution is 2.33. The van der Waals surface area contributed by atoms with Gasteiger partial charge in [0.05, 0.1) is 0 Å². The van der Waals surface area contributed by atoms with Crippen LogP contribution in [0.1, 0.15) is 47.2 Å². The number of benzene rings is 1. The number of sulfonamides is 1. The molecule has 7 nitrogen and oxygen atoms in total. The predicted molar refractivity (Wildman–Crippen MR) is 114 cm³/mol. The number of hydrogen-bond acceptors (Lipinski definition) is 6. The fourth-order valence-corrected chi connectivity index (χ4v) is 7.14. The van der Waals surface area contributed by atoms with Crippen LogP contribution in [-0.4, -0.2) is 54.7 Å². The van der Waals surface area contributed by atoms with Crippen LogP contribution in [0.3, 0.4) is 0 Å². The number of hydrogen-bond donors (Lipinski definition) is 0. The van der Waals surface area contributed by atoms with E-state index in [2.05, 4.69) is 4.98 Å². The quantitative estimate of drug-likeness (QED) is 0.612. The summed E-state index contributed by atoms with van der Waals surface area (Å²) in [5, 5.41) is 1.70. The number of likely N-dealkylation sites (tertiary alicyclic amines) is 1. The minimum atomic E-state index is -3.61. The molecule has 5 rings (SSSR count). The molecule has 2 fully saturated rings. The monoisotopic (exact) mass is 445 g/mol.